The Morgan fingerprint density at radius 3 is 2.07 bits per heavy atom. The molecule has 0 radical (unpaired) electrons. The third-order valence-electron chi connectivity index (χ3n) is 3.33. The molecule has 0 fully saturated rings. The number of ether oxygens (including phenoxy) is 3. The molecule has 0 aliphatic heterocycles. The van der Waals surface area contributed by atoms with Crippen molar-refractivity contribution in [2.45, 2.75) is 44.6 Å². The third kappa shape index (κ3) is 18.0. The fraction of sp³-hybridized carbons (Fsp3) is 0.800. The highest BCUT2D eigenvalue weighted by Gasteiger charge is 2.16. The lowest BCUT2D eigenvalue weighted by molar-refractivity contribution is -0.757. The first-order valence-corrected chi connectivity index (χ1v) is 9.05. The number of carbonyl (C=O) groups is 3. The van der Waals surface area contributed by atoms with Crippen LogP contribution in [-0.2, 0) is 33.5 Å². The first-order chi connectivity index (χ1) is 14.3. The summed E-state index contributed by atoms with van der Waals surface area (Å²) in [4.78, 5) is 61.6. The molecule has 0 saturated carbocycles. The number of nitrogens with zero attached hydrogens (tertiary/aromatic N) is 2. The Morgan fingerprint density at radius 1 is 0.900 bits per heavy atom. The number of alkyl carbamates (subject to hydrolysis) is 1. The lowest BCUT2D eigenvalue weighted by atomic mass is 10.1. The molecule has 1 amide bonds. The monoisotopic (exact) mass is 439 g/mol. The van der Waals surface area contributed by atoms with Crippen LogP contribution in [0.2, 0.25) is 0 Å². The summed E-state index contributed by atoms with van der Waals surface area (Å²) in [6, 6.07) is 0. The maximum atomic E-state index is 11.7. The summed E-state index contributed by atoms with van der Waals surface area (Å²) in [6.45, 7) is 0.0318. The fourth-order valence-corrected chi connectivity index (χ4v) is 2.03. The summed E-state index contributed by atoms with van der Waals surface area (Å²) in [5.41, 5.74) is 0. The van der Waals surface area contributed by atoms with Gasteiger partial charge in [0.25, 0.3) is 16.6 Å². The van der Waals surface area contributed by atoms with Crippen molar-refractivity contribution in [1.29, 1.82) is 0 Å². The Labute approximate surface area is 171 Å². The van der Waals surface area contributed by atoms with E-state index in [4.69, 9.17) is 14.2 Å². The van der Waals surface area contributed by atoms with Gasteiger partial charge in [0, 0.05) is 19.4 Å². The van der Waals surface area contributed by atoms with Gasteiger partial charge in [0.1, 0.15) is 6.10 Å². The van der Waals surface area contributed by atoms with Gasteiger partial charge in [-0.15, -0.1) is 20.2 Å². The molecule has 30 heavy (non-hydrogen) atoms. The molecule has 1 unspecified atom stereocenters. The van der Waals surface area contributed by atoms with Crippen LogP contribution in [0.4, 0.5) is 4.79 Å². The molecule has 0 saturated heterocycles. The van der Waals surface area contributed by atoms with Gasteiger partial charge in [-0.05, 0) is 19.3 Å². The largest absolute Gasteiger partial charge is 0.466 e. The summed E-state index contributed by atoms with van der Waals surface area (Å²) in [6.07, 6.45) is 0.184. The first kappa shape index (κ1) is 26.6. The zero-order chi connectivity index (χ0) is 22.6. The van der Waals surface area contributed by atoms with Crippen molar-refractivity contribution < 1.29 is 48.4 Å². The number of hydrogen-bond donors (Lipinski definition) is 1. The van der Waals surface area contributed by atoms with Gasteiger partial charge >= 0.3 is 12.1 Å². The zero-order valence-corrected chi connectivity index (χ0v) is 16.2. The molecular formula is C15H25N3O12. The minimum atomic E-state index is -0.946. The Balaban J connectivity index is 3.80. The van der Waals surface area contributed by atoms with E-state index in [0.717, 1.165) is 0 Å². The molecule has 0 aromatic carbocycles. The van der Waals surface area contributed by atoms with E-state index in [1.165, 1.54) is 0 Å². The second-order valence-corrected chi connectivity index (χ2v) is 5.66. The van der Waals surface area contributed by atoms with E-state index in [0.29, 0.717) is 19.3 Å². The van der Waals surface area contributed by atoms with Gasteiger partial charge in [-0.25, -0.2) is 4.79 Å². The third-order valence-corrected chi connectivity index (χ3v) is 3.33. The standard InChI is InChI=1S/C15H25N3O12/c19-12-28-13(11-14(20)26-7-3-9-29-17(22)23)5-1-2-6-16-15(21)27-8-4-10-30-18(24)25/h12-13H,1-11H2,(H,16,21). The molecule has 0 aliphatic rings. The normalized spacial score (nSPS) is 10.9. The molecule has 0 aliphatic carbocycles. The van der Waals surface area contributed by atoms with Crippen LogP contribution in [0.15, 0.2) is 0 Å². The SMILES string of the molecule is O=COC(CCCCNC(=O)OCCCO[N+](=O)[O-])CC(=O)OCCCO[N+](=O)[O-]. The van der Waals surface area contributed by atoms with Crippen molar-refractivity contribution in [1.82, 2.24) is 5.32 Å². The van der Waals surface area contributed by atoms with Crippen LogP contribution in [0, 0.1) is 20.2 Å². The van der Waals surface area contributed by atoms with E-state index < -0.39 is 28.3 Å². The van der Waals surface area contributed by atoms with Crippen LogP contribution in [0.1, 0.15) is 38.5 Å². The van der Waals surface area contributed by atoms with Crippen molar-refractivity contribution in [2.24, 2.45) is 0 Å². The van der Waals surface area contributed by atoms with Crippen molar-refractivity contribution >= 4 is 18.5 Å². The summed E-state index contributed by atoms with van der Waals surface area (Å²) < 4.78 is 14.5. The molecule has 15 heteroatoms. The van der Waals surface area contributed by atoms with Crippen LogP contribution in [0.5, 0.6) is 0 Å². The average molecular weight is 439 g/mol. The lowest BCUT2D eigenvalue weighted by Gasteiger charge is -2.14. The van der Waals surface area contributed by atoms with E-state index in [1.54, 1.807) is 0 Å². The second kappa shape index (κ2) is 17.7. The van der Waals surface area contributed by atoms with Gasteiger partial charge < -0.3 is 29.2 Å². The Kier molecular flexibility index (Phi) is 15.7. The molecule has 0 aromatic rings. The van der Waals surface area contributed by atoms with Gasteiger partial charge in [-0.1, -0.05) is 0 Å². The number of amides is 1. The molecular weight excluding hydrogens is 414 g/mol. The molecule has 1 atom stereocenters. The van der Waals surface area contributed by atoms with Gasteiger partial charge in [-0.2, -0.15) is 0 Å². The van der Waals surface area contributed by atoms with Crippen molar-refractivity contribution in [3.05, 3.63) is 20.2 Å². The van der Waals surface area contributed by atoms with Crippen molar-refractivity contribution in [2.75, 3.05) is 33.0 Å². The first-order valence-electron chi connectivity index (χ1n) is 9.05. The number of unbranched alkanes of at least 4 members (excludes halogenated alkanes) is 1. The second-order valence-electron chi connectivity index (χ2n) is 5.66. The van der Waals surface area contributed by atoms with Crippen molar-refractivity contribution in [3.8, 4) is 0 Å². The van der Waals surface area contributed by atoms with E-state index >= 15 is 0 Å². The number of nitrogens with one attached hydrogen (secondary N) is 1. The molecule has 0 bridgehead atoms. The predicted molar refractivity (Wildman–Crippen MR) is 94.8 cm³/mol. The van der Waals surface area contributed by atoms with Gasteiger partial charge in [-0.3, -0.25) is 9.59 Å². The van der Waals surface area contributed by atoms with Crippen LogP contribution < -0.4 is 5.32 Å². The zero-order valence-electron chi connectivity index (χ0n) is 16.2. The highest BCUT2D eigenvalue weighted by molar-refractivity contribution is 5.70. The summed E-state index contributed by atoms with van der Waals surface area (Å²) in [5, 5.41) is 20.5. The summed E-state index contributed by atoms with van der Waals surface area (Å²) in [7, 11) is 0. The Bertz CT molecular complexity index is 545. The summed E-state index contributed by atoms with van der Waals surface area (Å²) in [5.74, 6) is -0.620. The van der Waals surface area contributed by atoms with Crippen LogP contribution >= 0.6 is 0 Å². The number of rotatable bonds is 19. The average Bonchev–Trinajstić information content (AvgIpc) is 2.66. The minimum absolute atomic E-state index is 0.0325. The molecule has 0 spiro atoms. The molecule has 1 N–H and O–H groups in total. The van der Waals surface area contributed by atoms with Crippen molar-refractivity contribution in [3.63, 3.8) is 0 Å². The smallest absolute Gasteiger partial charge is 0.407 e. The van der Waals surface area contributed by atoms with Gasteiger partial charge in [0.05, 0.1) is 32.8 Å². The minimum Gasteiger partial charge on any atom is -0.466 e. The molecule has 172 valence electrons. The number of hydrogen-bond acceptors (Lipinski definition) is 12. The summed E-state index contributed by atoms with van der Waals surface area (Å²) >= 11 is 0. The maximum absolute atomic E-state index is 11.7. The van der Waals surface area contributed by atoms with Crippen LogP contribution in [0.3, 0.4) is 0 Å². The van der Waals surface area contributed by atoms with Crippen LogP contribution in [0.25, 0.3) is 0 Å². The Morgan fingerprint density at radius 2 is 1.50 bits per heavy atom. The number of carbonyl (C=O) groups excluding carboxylic acids is 3. The highest BCUT2D eigenvalue weighted by atomic mass is 17.0. The quantitative estimate of drug-likeness (QED) is 0.0734. The molecule has 0 rings (SSSR count). The molecule has 15 nitrogen and oxygen atoms in total. The van der Waals surface area contributed by atoms with E-state index in [-0.39, 0.29) is 58.7 Å². The highest BCUT2D eigenvalue weighted by Crippen LogP contribution is 2.09. The lowest BCUT2D eigenvalue weighted by Crippen LogP contribution is -2.26. The molecule has 0 heterocycles. The topological polar surface area (TPSA) is 196 Å². The maximum Gasteiger partial charge on any atom is 0.407 e. The van der Waals surface area contributed by atoms with Gasteiger partial charge in [0.15, 0.2) is 0 Å². The number of esters is 1. The van der Waals surface area contributed by atoms with E-state index in [2.05, 4.69) is 15.0 Å². The van der Waals surface area contributed by atoms with E-state index in [1.807, 2.05) is 0 Å². The van der Waals surface area contributed by atoms with Gasteiger partial charge in [0.2, 0.25) is 0 Å². The van der Waals surface area contributed by atoms with E-state index in [9.17, 15) is 34.6 Å². The predicted octanol–water partition coefficient (Wildman–Crippen LogP) is 0.555. The van der Waals surface area contributed by atoms with Crippen LogP contribution in [-0.4, -0.2) is 67.8 Å². The Hall–Kier alpha value is -3.39. The molecule has 0 aromatic heterocycles. The fourth-order valence-electron chi connectivity index (χ4n) is 2.03.